The van der Waals surface area contributed by atoms with Crippen molar-refractivity contribution in [2.45, 2.75) is 232 Å². The van der Waals surface area contributed by atoms with Gasteiger partial charge in [0.25, 0.3) is 0 Å². The van der Waals surface area contributed by atoms with Crippen LogP contribution in [0.3, 0.4) is 0 Å². The van der Waals surface area contributed by atoms with Gasteiger partial charge in [0, 0.05) is 19.3 Å². The lowest BCUT2D eigenvalue weighted by molar-refractivity contribution is -0.161. The summed E-state index contributed by atoms with van der Waals surface area (Å²) in [6, 6.07) is 0. The van der Waals surface area contributed by atoms with Gasteiger partial charge in [0.05, 0.1) is 26.4 Å². The van der Waals surface area contributed by atoms with Crippen molar-refractivity contribution in [2.75, 3.05) is 39.6 Å². The Balaban J connectivity index is 4.72. The predicted molar refractivity (Wildman–Crippen MR) is 325 cm³/mol. The van der Waals surface area contributed by atoms with Gasteiger partial charge < -0.3 is 34.2 Å². The zero-order valence-electron chi connectivity index (χ0n) is 49.7. The first-order valence-electron chi connectivity index (χ1n) is 30.2. The average molecular weight is 1180 g/mol. The molecule has 5 unspecified atom stereocenters. The van der Waals surface area contributed by atoms with Crippen molar-refractivity contribution in [1.29, 1.82) is 0 Å². The second-order valence-electron chi connectivity index (χ2n) is 19.8. The summed E-state index contributed by atoms with van der Waals surface area (Å²) in [5.41, 5.74) is 0. The van der Waals surface area contributed by atoms with Crippen molar-refractivity contribution in [3.8, 4) is 0 Å². The van der Waals surface area contributed by atoms with E-state index in [4.69, 9.17) is 32.3 Å². The molecule has 4 N–H and O–H groups in total. The standard InChI is InChI=1S/C63H106O16P2/c1-4-7-10-13-16-19-22-25-26-27-28-29-30-33-35-37-40-43-46-49-61(66)73-52-58(64)53-75-80(69,70)76-54-59(65)55-77-81(71,72)78-57-60(79-63(68)51-48-45-42-39-36-32-24-21-18-15-12-9-6-3)56-74-62(67)50-47-44-41-38-34-31-23-20-17-14-11-8-5-2/h7,10-11,14,16,19-21,23-26,28-29,33,35,40,43,58-60,64-65H,4-6,8-9,12-13,15,17-18,22,27,30-32,34,36-39,41-42,44-57H2,1-3H3,(H,69,70)(H,71,72)/b10-7-,14-11-,19-16-,23-20-,24-21-,26-25-,29-28-,35-33-,43-40-. The lowest BCUT2D eigenvalue weighted by Crippen LogP contribution is -2.30. The Morgan fingerprint density at radius 2 is 0.704 bits per heavy atom. The van der Waals surface area contributed by atoms with Crippen LogP contribution in [0.1, 0.15) is 213 Å². The molecule has 0 spiro atoms. The Hall–Kier alpha value is -3.79. The highest BCUT2D eigenvalue weighted by Gasteiger charge is 2.29. The first-order valence-corrected chi connectivity index (χ1v) is 33.2. The summed E-state index contributed by atoms with van der Waals surface area (Å²) in [6.07, 6.45) is 60.3. The highest BCUT2D eigenvalue weighted by molar-refractivity contribution is 7.47. The zero-order chi connectivity index (χ0) is 59.6. The Morgan fingerprint density at radius 3 is 1.17 bits per heavy atom. The molecule has 0 aliphatic heterocycles. The normalized spacial score (nSPS) is 15.2. The third kappa shape index (κ3) is 57.8. The maximum atomic E-state index is 12.8. The van der Waals surface area contributed by atoms with Crippen molar-refractivity contribution >= 4 is 33.6 Å². The van der Waals surface area contributed by atoms with E-state index >= 15 is 0 Å². The molecule has 0 aromatic heterocycles. The highest BCUT2D eigenvalue weighted by atomic mass is 31.2. The molecule has 0 saturated heterocycles. The molecule has 0 aliphatic rings. The van der Waals surface area contributed by atoms with E-state index in [1.807, 2.05) is 18.2 Å². The molecule has 5 atom stereocenters. The van der Waals surface area contributed by atoms with Crippen LogP contribution in [0.25, 0.3) is 0 Å². The van der Waals surface area contributed by atoms with Crippen LogP contribution in [-0.4, -0.2) is 95.9 Å². The number of allylic oxidation sites excluding steroid dienone is 18. The smallest absolute Gasteiger partial charge is 0.463 e. The van der Waals surface area contributed by atoms with Crippen molar-refractivity contribution < 1.29 is 75.8 Å². The van der Waals surface area contributed by atoms with Gasteiger partial charge in [-0.1, -0.05) is 194 Å². The molecule has 0 aromatic carbocycles. The fraction of sp³-hybridized carbons (Fsp3) is 0.667. The van der Waals surface area contributed by atoms with E-state index in [1.54, 1.807) is 0 Å². The van der Waals surface area contributed by atoms with Crippen LogP contribution in [-0.2, 0) is 55.8 Å². The molecule has 0 amide bonds. The molecule has 0 bridgehead atoms. The molecule has 81 heavy (non-hydrogen) atoms. The van der Waals surface area contributed by atoms with Gasteiger partial charge in [0.2, 0.25) is 0 Å². The van der Waals surface area contributed by atoms with E-state index in [2.05, 4.69) is 112 Å². The van der Waals surface area contributed by atoms with Crippen LogP contribution in [0.4, 0.5) is 0 Å². The van der Waals surface area contributed by atoms with Crippen LogP contribution in [0.15, 0.2) is 109 Å². The Morgan fingerprint density at radius 1 is 0.358 bits per heavy atom. The molecule has 18 heteroatoms. The molecular formula is C63H106O16P2. The van der Waals surface area contributed by atoms with Crippen molar-refractivity contribution in [3.05, 3.63) is 109 Å². The highest BCUT2D eigenvalue weighted by Crippen LogP contribution is 2.45. The van der Waals surface area contributed by atoms with E-state index in [1.165, 1.54) is 25.7 Å². The summed E-state index contributed by atoms with van der Waals surface area (Å²) in [6.45, 7) is 2.31. The number of aliphatic hydroxyl groups is 2. The van der Waals surface area contributed by atoms with Gasteiger partial charge >= 0.3 is 33.6 Å². The summed E-state index contributed by atoms with van der Waals surface area (Å²) in [5.74, 6) is -1.69. The van der Waals surface area contributed by atoms with Gasteiger partial charge in [-0.15, -0.1) is 0 Å². The molecule has 0 radical (unpaired) electrons. The van der Waals surface area contributed by atoms with Gasteiger partial charge in [-0.2, -0.15) is 0 Å². The predicted octanol–water partition coefficient (Wildman–Crippen LogP) is 15.7. The number of hydrogen-bond donors (Lipinski definition) is 4. The number of ether oxygens (including phenoxy) is 3. The number of hydrogen-bond acceptors (Lipinski definition) is 14. The van der Waals surface area contributed by atoms with Crippen LogP contribution in [0, 0.1) is 0 Å². The largest absolute Gasteiger partial charge is 0.472 e. The zero-order valence-corrected chi connectivity index (χ0v) is 51.5. The van der Waals surface area contributed by atoms with Crippen LogP contribution in [0.5, 0.6) is 0 Å². The second kappa shape index (κ2) is 56.7. The third-order valence-corrected chi connectivity index (χ3v) is 13.8. The Kier molecular flexibility index (Phi) is 54.0. The van der Waals surface area contributed by atoms with Gasteiger partial charge in [-0.05, 0) is 109 Å². The molecule has 0 fully saturated rings. The molecule has 16 nitrogen and oxygen atoms in total. The topological polar surface area (TPSA) is 231 Å². The SMILES string of the molecule is CC/C=C\C/C=C\C/C=C\C/C=C\C/C=C\C/C=C\CCC(=O)OCC(O)COP(=O)(O)OCC(O)COP(=O)(O)OCC(COC(=O)CCCCCCC/C=C\C/C=C\CCC)OC(=O)CCCCCCC/C=C\CCCCCC. The minimum absolute atomic E-state index is 0.0577. The minimum Gasteiger partial charge on any atom is -0.463 e. The lowest BCUT2D eigenvalue weighted by atomic mass is 10.1. The molecule has 0 saturated carbocycles. The summed E-state index contributed by atoms with van der Waals surface area (Å²) in [5, 5.41) is 20.4. The number of rotatable bonds is 56. The molecule has 0 heterocycles. The van der Waals surface area contributed by atoms with E-state index in [0.717, 1.165) is 122 Å². The minimum atomic E-state index is -4.93. The van der Waals surface area contributed by atoms with Gasteiger partial charge in [0.15, 0.2) is 6.10 Å². The lowest BCUT2D eigenvalue weighted by Gasteiger charge is -2.21. The Bertz CT molecular complexity index is 1920. The second-order valence-corrected chi connectivity index (χ2v) is 22.7. The Labute approximate surface area is 488 Å². The summed E-state index contributed by atoms with van der Waals surface area (Å²) >= 11 is 0. The fourth-order valence-electron chi connectivity index (χ4n) is 7.33. The number of carbonyl (C=O) groups is 3. The first-order chi connectivity index (χ1) is 39.2. The van der Waals surface area contributed by atoms with Gasteiger partial charge in [0.1, 0.15) is 25.4 Å². The van der Waals surface area contributed by atoms with Crippen LogP contribution in [0.2, 0.25) is 0 Å². The summed E-state index contributed by atoms with van der Waals surface area (Å²) in [7, 11) is -9.79. The maximum absolute atomic E-state index is 12.8. The summed E-state index contributed by atoms with van der Waals surface area (Å²) in [4.78, 5) is 58.0. The maximum Gasteiger partial charge on any atom is 0.472 e. The quantitative estimate of drug-likeness (QED) is 0.0146. The number of carbonyl (C=O) groups excluding carboxylic acids is 3. The molecular weight excluding hydrogens is 1070 g/mol. The number of aliphatic hydroxyl groups excluding tert-OH is 2. The van der Waals surface area contributed by atoms with Gasteiger partial charge in [-0.3, -0.25) is 32.5 Å². The fourth-order valence-corrected chi connectivity index (χ4v) is 8.92. The first kappa shape index (κ1) is 77.2. The number of esters is 3. The van der Waals surface area contributed by atoms with Crippen molar-refractivity contribution in [3.63, 3.8) is 0 Å². The van der Waals surface area contributed by atoms with E-state index in [-0.39, 0.29) is 19.3 Å². The van der Waals surface area contributed by atoms with E-state index < -0.39 is 91.5 Å². The molecule has 0 aliphatic carbocycles. The van der Waals surface area contributed by atoms with Crippen molar-refractivity contribution in [1.82, 2.24) is 0 Å². The summed E-state index contributed by atoms with van der Waals surface area (Å²) < 4.78 is 60.5. The van der Waals surface area contributed by atoms with Crippen LogP contribution >= 0.6 is 15.6 Å². The number of unbranched alkanes of at least 4 members (excludes halogenated alkanes) is 15. The third-order valence-electron chi connectivity index (χ3n) is 11.9. The van der Waals surface area contributed by atoms with Crippen LogP contribution < -0.4 is 0 Å². The number of phosphoric ester groups is 2. The average Bonchev–Trinajstić information content (AvgIpc) is 3.45. The van der Waals surface area contributed by atoms with Crippen molar-refractivity contribution in [2.24, 2.45) is 0 Å². The molecule has 0 aromatic rings. The van der Waals surface area contributed by atoms with E-state index in [0.29, 0.717) is 25.7 Å². The van der Waals surface area contributed by atoms with E-state index in [9.17, 15) is 43.5 Å². The molecule has 0 rings (SSSR count). The number of phosphoric acid groups is 2. The van der Waals surface area contributed by atoms with Gasteiger partial charge in [-0.25, -0.2) is 9.13 Å². The monoisotopic (exact) mass is 1180 g/mol. The molecule has 464 valence electrons.